The Morgan fingerprint density at radius 1 is 0.889 bits per heavy atom. The van der Waals surface area contributed by atoms with Crippen LogP contribution in [0.2, 0.25) is 0 Å². The monoisotopic (exact) mass is 744 g/mol. The van der Waals surface area contributed by atoms with E-state index in [1.54, 1.807) is 69.0 Å². The van der Waals surface area contributed by atoms with Crippen molar-refractivity contribution in [1.29, 1.82) is 0 Å². The maximum Gasteiger partial charge on any atom is 0.410 e. The molecule has 0 bridgehead atoms. The number of methoxy groups -OCH3 is 1. The van der Waals surface area contributed by atoms with Crippen molar-refractivity contribution < 1.29 is 37.8 Å². The average Bonchev–Trinajstić information content (AvgIpc) is 3.12. The smallest absolute Gasteiger partial charge is 0.410 e. The van der Waals surface area contributed by atoms with Crippen molar-refractivity contribution in [3.8, 4) is 0 Å². The van der Waals surface area contributed by atoms with Gasteiger partial charge in [0.1, 0.15) is 29.5 Å². The topological polar surface area (TPSA) is 126 Å². The van der Waals surface area contributed by atoms with Gasteiger partial charge in [-0.1, -0.05) is 69.3 Å². The van der Waals surface area contributed by atoms with Crippen LogP contribution in [-0.4, -0.2) is 82.4 Å². The maximum absolute atomic E-state index is 15.0. The van der Waals surface area contributed by atoms with E-state index in [9.17, 15) is 23.6 Å². The highest BCUT2D eigenvalue weighted by molar-refractivity contribution is 5.95. The van der Waals surface area contributed by atoms with Gasteiger partial charge in [0, 0.05) is 26.6 Å². The first kappa shape index (κ1) is 41.5. The molecular formula is C42H53FN4O7. The van der Waals surface area contributed by atoms with Crippen molar-refractivity contribution in [3.05, 3.63) is 106 Å². The Balaban J connectivity index is 1.72. The second-order valence-corrected chi connectivity index (χ2v) is 15.9. The molecule has 12 heteroatoms. The van der Waals surface area contributed by atoms with Crippen LogP contribution in [0.25, 0.3) is 0 Å². The quantitative estimate of drug-likeness (QED) is 0.237. The Bertz CT molecular complexity index is 1830. The summed E-state index contributed by atoms with van der Waals surface area (Å²) in [5.41, 5.74) is 1.99. The Morgan fingerprint density at radius 3 is 2.04 bits per heavy atom. The summed E-state index contributed by atoms with van der Waals surface area (Å²) in [5, 5.41) is 2.90. The molecule has 0 radical (unpaired) electrons. The van der Waals surface area contributed by atoms with Crippen LogP contribution in [0.4, 0.5) is 9.18 Å². The summed E-state index contributed by atoms with van der Waals surface area (Å²) in [6, 6.07) is 16.7. The van der Waals surface area contributed by atoms with Crippen molar-refractivity contribution in [2.45, 2.75) is 105 Å². The largest absolute Gasteiger partial charge is 0.465 e. The van der Waals surface area contributed by atoms with E-state index in [2.05, 4.69) is 5.32 Å². The van der Waals surface area contributed by atoms with Crippen LogP contribution < -0.4 is 5.32 Å². The number of hydrogen-bond acceptors (Lipinski definition) is 7. The van der Waals surface area contributed by atoms with E-state index >= 15 is 4.79 Å². The van der Waals surface area contributed by atoms with Crippen LogP contribution in [0.3, 0.4) is 0 Å². The number of esters is 1. The maximum atomic E-state index is 15.0. The average molecular weight is 745 g/mol. The summed E-state index contributed by atoms with van der Waals surface area (Å²) < 4.78 is 24.3. The number of carbonyl (C=O) groups is 5. The molecule has 1 heterocycles. The van der Waals surface area contributed by atoms with Gasteiger partial charge in [-0.15, -0.1) is 0 Å². The van der Waals surface area contributed by atoms with Gasteiger partial charge < -0.3 is 24.6 Å². The van der Waals surface area contributed by atoms with Gasteiger partial charge in [0.15, 0.2) is 0 Å². The molecule has 54 heavy (non-hydrogen) atoms. The number of rotatable bonds is 10. The molecule has 3 aromatic carbocycles. The Morgan fingerprint density at radius 2 is 1.48 bits per heavy atom. The summed E-state index contributed by atoms with van der Waals surface area (Å²) in [7, 11) is 2.76. The Hall–Kier alpha value is -5.26. The molecule has 0 fully saturated rings. The molecule has 4 amide bonds. The van der Waals surface area contributed by atoms with E-state index in [4.69, 9.17) is 9.47 Å². The lowest BCUT2D eigenvalue weighted by Gasteiger charge is -2.43. The molecule has 3 aromatic rings. The molecule has 1 aliphatic heterocycles. The van der Waals surface area contributed by atoms with Crippen LogP contribution in [0, 0.1) is 11.2 Å². The molecule has 0 aliphatic carbocycles. The first-order chi connectivity index (χ1) is 25.2. The van der Waals surface area contributed by atoms with Crippen LogP contribution >= 0.6 is 0 Å². The molecule has 1 aliphatic rings. The minimum atomic E-state index is -1.08. The normalized spacial score (nSPS) is 15.9. The lowest BCUT2D eigenvalue weighted by molar-refractivity contribution is -0.152. The van der Waals surface area contributed by atoms with Gasteiger partial charge in [0.25, 0.3) is 0 Å². The molecule has 290 valence electrons. The summed E-state index contributed by atoms with van der Waals surface area (Å²) >= 11 is 0. The van der Waals surface area contributed by atoms with Crippen molar-refractivity contribution in [1.82, 2.24) is 20.0 Å². The third-order valence-electron chi connectivity index (χ3n) is 9.69. The zero-order valence-electron chi connectivity index (χ0n) is 32.9. The van der Waals surface area contributed by atoms with E-state index in [1.807, 2.05) is 52.0 Å². The number of hydrogen-bond donors (Lipinski definition) is 1. The third-order valence-corrected chi connectivity index (χ3v) is 9.69. The number of carbonyl (C=O) groups excluding carboxylic acids is 5. The highest BCUT2D eigenvalue weighted by Crippen LogP contribution is 2.32. The Labute approximate surface area is 317 Å². The predicted octanol–water partition coefficient (Wildman–Crippen LogP) is 6.44. The molecular weight excluding hydrogens is 691 g/mol. The summed E-state index contributed by atoms with van der Waals surface area (Å²) in [4.78, 5) is 72.9. The predicted molar refractivity (Wildman–Crippen MR) is 202 cm³/mol. The van der Waals surface area contributed by atoms with Crippen molar-refractivity contribution in [2.75, 3.05) is 14.2 Å². The molecule has 4 rings (SSSR count). The lowest BCUT2D eigenvalue weighted by Crippen LogP contribution is -2.62. The van der Waals surface area contributed by atoms with E-state index < -0.39 is 64.9 Å². The van der Waals surface area contributed by atoms with Gasteiger partial charge in [-0.25, -0.2) is 14.0 Å². The standard InChI is InChI=1S/C42H53FN4O7/c1-26(29-19-21-33(43)22-20-29)46(24-28-15-17-30(18-16-28)39(51)53-10)37(49)34-23-31-13-11-12-14-32(31)25-47(34)38(50)35(41(3,4)5)44-36(48)27(2)45(9)40(52)54-42(6,7)8/h11-22,26-27,34-35H,23-25H2,1-10H3,(H,44,48). The van der Waals surface area contributed by atoms with Crippen LogP contribution in [0.15, 0.2) is 72.8 Å². The fourth-order valence-electron chi connectivity index (χ4n) is 6.30. The zero-order chi connectivity index (χ0) is 40.1. The van der Waals surface area contributed by atoms with E-state index in [-0.39, 0.29) is 25.4 Å². The summed E-state index contributed by atoms with van der Waals surface area (Å²) in [6.45, 7) is 14.3. The number of benzene rings is 3. The van der Waals surface area contributed by atoms with Crippen molar-refractivity contribution >= 4 is 29.8 Å². The number of amides is 4. The molecule has 0 spiro atoms. The highest BCUT2D eigenvalue weighted by Gasteiger charge is 2.44. The molecule has 0 saturated carbocycles. The molecule has 0 saturated heterocycles. The van der Waals surface area contributed by atoms with E-state index in [1.165, 1.54) is 36.1 Å². The van der Waals surface area contributed by atoms with Crippen LogP contribution in [0.1, 0.15) is 94.0 Å². The minimum absolute atomic E-state index is 0.118. The SMILES string of the molecule is COC(=O)c1ccc(CN(C(=O)C2Cc3ccccc3CN2C(=O)C(NC(=O)C(C)N(C)C(=O)OC(C)(C)C)C(C)(C)C)C(C)c2ccc(F)cc2)cc1. The van der Waals surface area contributed by atoms with Gasteiger partial charge in [-0.3, -0.25) is 19.3 Å². The second-order valence-electron chi connectivity index (χ2n) is 15.9. The van der Waals surface area contributed by atoms with E-state index in [0.29, 0.717) is 11.1 Å². The van der Waals surface area contributed by atoms with Gasteiger partial charge in [-0.05, 0) is 86.6 Å². The Kier molecular flexibility index (Phi) is 12.9. The van der Waals surface area contributed by atoms with Crippen LogP contribution in [-0.2, 0) is 43.4 Å². The number of likely N-dealkylation sites (N-methyl/N-ethyl adjacent to an activating group) is 1. The van der Waals surface area contributed by atoms with Gasteiger partial charge in [0.05, 0.1) is 18.7 Å². The minimum Gasteiger partial charge on any atom is -0.465 e. The zero-order valence-corrected chi connectivity index (χ0v) is 32.9. The number of nitrogens with one attached hydrogen (secondary N) is 1. The molecule has 0 aromatic heterocycles. The fourth-order valence-corrected chi connectivity index (χ4v) is 6.30. The first-order valence-electron chi connectivity index (χ1n) is 18.1. The van der Waals surface area contributed by atoms with Gasteiger partial charge >= 0.3 is 12.1 Å². The third kappa shape index (κ3) is 10.0. The second kappa shape index (κ2) is 16.8. The fraction of sp³-hybridized carbons (Fsp3) is 0.452. The molecule has 4 atom stereocenters. The van der Waals surface area contributed by atoms with E-state index in [0.717, 1.165) is 16.7 Å². The van der Waals surface area contributed by atoms with Crippen molar-refractivity contribution in [2.24, 2.45) is 5.41 Å². The van der Waals surface area contributed by atoms with Gasteiger partial charge in [-0.2, -0.15) is 0 Å². The van der Waals surface area contributed by atoms with Crippen LogP contribution in [0.5, 0.6) is 0 Å². The first-order valence-corrected chi connectivity index (χ1v) is 18.1. The lowest BCUT2D eigenvalue weighted by atomic mass is 9.84. The van der Waals surface area contributed by atoms with Gasteiger partial charge in [0.2, 0.25) is 17.7 Å². The summed E-state index contributed by atoms with van der Waals surface area (Å²) in [6.07, 6.45) is -0.463. The molecule has 4 unspecified atom stereocenters. The molecule has 11 nitrogen and oxygen atoms in total. The number of halogens is 1. The highest BCUT2D eigenvalue weighted by atomic mass is 19.1. The number of ether oxygens (including phenoxy) is 2. The number of nitrogens with zero attached hydrogens (tertiary/aromatic N) is 3. The molecule has 1 N–H and O–H groups in total. The number of fused-ring (bicyclic) bond motifs is 1. The van der Waals surface area contributed by atoms with Crippen molar-refractivity contribution in [3.63, 3.8) is 0 Å². The summed E-state index contributed by atoms with van der Waals surface area (Å²) in [5.74, 6) is -2.25.